The normalized spacial score (nSPS) is 36.9. The topological polar surface area (TPSA) is 20.2 Å². The molecule has 3 rings (SSSR count). The maximum atomic E-state index is 9.86. The molecule has 62 valence electrons. The van der Waals surface area contributed by atoms with Gasteiger partial charge in [0, 0.05) is 16.1 Å². The summed E-state index contributed by atoms with van der Waals surface area (Å²) in [6.45, 7) is 0. The first kappa shape index (κ1) is 6.98. The molecule has 1 fully saturated rings. The summed E-state index contributed by atoms with van der Waals surface area (Å²) in [5.74, 6) is 0.546. The van der Waals surface area contributed by atoms with E-state index in [1.54, 1.807) is 0 Å². The highest BCUT2D eigenvalue weighted by molar-refractivity contribution is 8.00. The van der Waals surface area contributed by atoms with Crippen molar-refractivity contribution in [3.05, 3.63) is 29.8 Å². The van der Waals surface area contributed by atoms with E-state index in [1.807, 2.05) is 30.0 Å². The van der Waals surface area contributed by atoms with Crippen LogP contribution in [0.1, 0.15) is 18.1 Å². The summed E-state index contributed by atoms with van der Waals surface area (Å²) in [4.78, 5) is 1.28. The fraction of sp³-hybridized carbons (Fsp3) is 0.400. The van der Waals surface area contributed by atoms with Gasteiger partial charge in [-0.15, -0.1) is 11.8 Å². The van der Waals surface area contributed by atoms with Crippen LogP contribution in [0.25, 0.3) is 0 Å². The molecule has 3 atom stereocenters. The van der Waals surface area contributed by atoms with Crippen LogP contribution < -0.4 is 0 Å². The predicted molar refractivity (Wildman–Crippen MR) is 49.2 cm³/mol. The average molecular weight is 178 g/mol. The highest BCUT2D eigenvalue weighted by Crippen LogP contribution is 2.57. The third-order valence-electron chi connectivity index (χ3n) is 2.70. The van der Waals surface area contributed by atoms with Gasteiger partial charge in [-0.3, -0.25) is 0 Å². The number of rotatable bonds is 0. The van der Waals surface area contributed by atoms with Gasteiger partial charge in [0.25, 0.3) is 0 Å². The Morgan fingerprint density at radius 3 is 3.08 bits per heavy atom. The van der Waals surface area contributed by atoms with Crippen molar-refractivity contribution in [1.29, 1.82) is 0 Å². The molecule has 2 aliphatic rings. The molecule has 0 bridgehead atoms. The molecule has 1 saturated carbocycles. The Labute approximate surface area is 75.8 Å². The van der Waals surface area contributed by atoms with Gasteiger partial charge in [-0.2, -0.15) is 0 Å². The van der Waals surface area contributed by atoms with Gasteiger partial charge in [0.1, 0.15) is 0 Å². The highest BCUT2D eigenvalue weighted by atomic mass is 32.2. The molecule has 0 saturated heterocycles. The van der Waals surface area contributed by atoms with E-state index in [1.165, 1.54) is 11.3 Å². The second-order valence-corrected chi connectivity index (χ2v) is 4.82. The quantitative estimate of drug-likeness (QED) is 0.657. The number of benzene rings is 1. The molecule has 0 amide bonds. The van der Waals surface area contributed by atoms with Gasteiger partial charge < -0.3 is 5.11 Å². The summed E-state index contributed by atoms with van der Waals surface area (Å²) < 4.78 is 0. The molecule has 0 radical (unpaired) electrons. The van der Waals surface area contributed by atoms with Crippen molar-refractivity contribution in [3.8, 4) is 0 Å². The Balaban J connectivity index is 2.11. The number of hydrogen-bond acceptors (Lipinski definition) is 2. The van der Waals surface area contributed by atoms with Crippen LogP contribution in [0.2, 0.25) is 0 Å². The minimum absolute atomic E-state index is 0.188. The Morgan fingerprint density at radius 1 is 1.33 bits per heavy atom. The monoisotopic (exact) mass is 178 g/mol. The fourth-order valence-electron chi connectivity index (χ4n) is 1.88. The van der Waals surface area contributed by atoms with Gasteiger partial charge in [-0.25, -0.2) is 0 Å². The summed E-state index contributed by atoms with van der Waals surface area (Å²) in [6.07, 6.45) is 1.01. The number of fused-ring (bicyclic) bond motifs is 2. The number of hydrogen-bond donors (Lipinski definition) is 1. The van der Waals surface area contributed by atoms with Crippen molar-refractivity contribution in [2.75, 3.05) is 0 Å². The predicted octanol–water partition coefficient (Wildman–Crippen LogP) is 2.21. The van der Waals surface area contributed by atoms with E-state index >= 15 is 0 Å². The van der Waals surface area contributed by atoms with Gasteiger partial charge >= 0.3 is 0 Å². The lowest BCUT2D eigenvalue weighted by Gasteiger charge is -2.19. The van der Waals surface area contributed by atoms with Gasteiger partial charge in [-0.1, -0.05) is 18.2 Å². The molecular weight excluding hydrogens is 168 g/mol. The highest BCUT2D eigenvalue weighted by Gasteiger charge is 2.47. The van der Waals surface area contributed by atoms with Crippen molar-refractivity contribution in [2.24, 2.45) is 5.92 Å². The molecule has 0 spiro atoms. The minimum Gasteiger partial charge on any atom is -0.388 e. The van der Waals surface area contributed by atoms with Crippen molar-refractivity contribution < 1.29 is 5.11 Å². The zero-order chi connectivity index (χ0) is 8.13. The smallest absolute Gasteiger partial charge is 0.0840 e. The summed E-state index contributed by atoms with van der Waals surface area (Å²) in [5.41, 5.74) is 1.14. The van der Waals surface area contributed by atoms with Gasteiger partial charge in [0.15, 0.2) is 0 Å². The second kappa shape index (κ2) is 2.27. The molecule has 1 aliphatic carbocycles. The minimum atomic E-state index is -0.188. The van der Waals surface area contributed by atoms with Gasteiger partial charge in [-0.05, 0) is 18.1 Å². The summed E-state index contributed by atoms with van der Waals surface area (Å²) >= 11 is 1.93. The fourth-order valence-corrected chi connectivity index (χ4v) is 3.33. The maximum absolute atomic E-state index is 9.86. The first-order valence-corrected chi connectivity index (χ1v) is 5.18. The van der Waals surface area contributed by atoms with Crippen LogP contribution in [0.15, 0.2) is 29.2 Å². The van der Waals surface area contributed by atoms with E-state index < -0.39 is 0 Å². The molecule has 0 aromatic heterocycles. The Morgan fingerprint density at radius 2 is 2.17 bits per heavy atom. The van der Waals surface area contributed by atoms with E-state index in [2.05, 4.69) is 6.07 Å². The van der Waals surface area contributed by atoms with Crippen LogP contribution in [-0.2, 0) is 0 Å². The lowest BCUT2D eigenvalue weighted by atomic mass is 10.1. The van der Waals surface area contributed by atoms with Crippen LogP contribution in [0, 0.1) is 5.92 Å². The average Bonchev–Trinajstić information content (AvgIpc) is 2.84. The first-order valence-electron chi connectivity index (χ1n) is 4.30. The molecule has 3 unspecified atom stereocenters. The van der Waals surface area contributed by atoms with Crippen LogP contribution in [0.4, 0.5) is 0 Å². The SMILES string of the molecule is OC1c2ccccc2SC2CC21. The third kappa shape index (κ3) is 0.852. The van der Waals surface area contributed by atoms with E-state index in [0.29, 0.717) is 11.2 Å². The molecule has 1 N–H and O–H groups in total. The summed E-state index contributed by atoms with van der Waals surface area (Å²) in [5, 5.41) is 10.6. The molecule has 2 heteroatoms. The molecule has 1 heterocycles. The molecule has 1 nitrogen and oxygen atoms in total. The summed E-state index contributed by atoms with van der Waals surface area (Å²) in [6, 6.07) is 8.20. The molecule has 1 aromatic carbocycles. The lowest BCUT2D eigenvalue weighted by molar-refractivity contribution is 0.150. The van der Waals surface area contributed by atoms with E-state index in [4.69, 9.17) is 0 Å². The molecule has 1 aromatic rings. The third-order valence-corrected chi connectivity index (χ3v) is 4.17. The standard InChI is InChI=1S/C10H10OS/c11-10-6-3-1-2-4-8(6)12-9-5-7(9)10/h1-4,7,9-11H,5H2. The number of aliphatic hydroxyl groups excluding tert-OH is 1. The van der Waals surface area contributed by atoms with E-state index in [-0.39, 0.29) is 6.10 Å². The Bertz CT molecular complexity index is 323. The van der Waals surface area contributed by atoms with Crippen LogP contribution in [0.3, 0.4) is 0 Å². The van der Waals surface area contributed by atoms with Crippen LogP contribution in [0.5, 0.6) is 0 Å². The van der Waals surface area contributed by atoms with Crippen LogP contribution >= 0.6 is 11.8 Å². The van der Waals surface area contributed by atoms with Gasteiger partial charge in [0.05, 0.1) is 6.10 Å². The Kier molecular flexibility index (Phi) is 1.32. The van der Waals surface area contributed by atoms with Gasteiger partial charge in [0.2, 0.25) is 0 Å². The van der Waals surface area contributed by atoms with Crippen molar-refractivity contribution in [3.63, 3.8) is 0 Å². The zero-order valence-corrected chi connectivity index (χ0v) is 7.42. The summed E-state index contributed by atoms with van der Waals surface area (Å²) in [7, 11) is 0. The zero-order valence-electron chi connectivity index (χ0n) is 6.60. The maximum Gasteiger partial charge on any atom is 0.0840 e. The van der Waals surface area contributed by atoms with E-state index in [9.17, 15) is 5.11 Å². The first-order chi connectivity index (χ1) is 5.86. The van der Waals surface area contributed by atoms with Crippen molar-refractivity contribution >= 4 is 11.8 Å². The largest absolute Gasteiger partial charge is 0.388 e. The van der Waals surface area contributed by atoms with Crippen LogP contribution in [-0.4, -0.2) is 10.4 Å². The molecule has 1 aliphatic heterocycles. The van der Waals surface area contributed by atoms with Crippen molar-refractivity contribution in [2.45, 2.75) is 22.7 Å². The lowest BCUT2D eigenvalue weighted by Crippen LogP contribution is -2.07. The Hall–Kier alpha value is -0.470. The second-order valence-electron chi connectivity index (χ2n) is 3.54. The molecular formula is C10H10OS. The number of thioether (sulfide) groups is 1. The van der Waals surface area contributed by atoms with Crippen molar-refractivity contribution in [1.82, 2.24) is 0 Å². The van der Waals surface area contributed by atoms with E-state index in [0.717, 1.165) is 5.56 Å². The molecule has 12 heavy (non-hydrogen) atoms. The number of aliphatic hydroxyl groups is 1.